The summed E-state index contributed by atoms with van der Waals surface area (Å²) in [7, 11) is 0. The Labute approximate surface area is 184 Å². The monoisotopic (exact) mass is 461 g/mol. The van der Waals surface area contributed by atoms with Crippen molar-refractivity contribution in [2.24, 2.45) is 0 Å². The number of furan rings is 1. The van der Waals surface area contributed by atoms with Crippen molar-refractivity contribution in [1.82, 2.24) is 9.78 Å². The number of anilines is 2. The third kappa shape index (κ3) is 3.54. The van der Waals surface area contributed by atoms with Crippen molar-refractivity contribution in [3.63, 3.8) is 0 Å². The maximum absolute atomic E-state index is 13.8. The van der Waals surface area contributed by atoms with Crippen LogP contribution < -0.4 is 10.6 Å². The third-order valence-electron chi connectivity index (χ3n) is 5.82. The van der Waals surface area contributed by atoms with Crippen LogP contribution in [0, 0.1) is 11.3 Å². The molecule has 32 heavy (non-hydrogen) atoms. The molecule has 1 aliphatic heterocycles. The lowest BCUT2D eigenvalue weighted by atomic mass is 9.96. The van der Waals surface area contributed by atoms with Gasteiger partial charge in [-0.05, 0) is 43.4 Å². The SMILES string of the molecule is N#Cc1c(NC(=O)c2cc3n(n2)[C@H](C(F)(F)F)C[C@H](c2ccco2)N3)sc2c1CCCC2. The summed E-state index contributed by atoms with van der Waals surface area (Å²) < 4.78 is 47.4. The van der Waals surface area contributed by atoms with E-state index in [1.54, 1.807) is 12.1 Å². The lowest BCUT2D eigenvalue weighted by Gasteiger charge is -2.32. The number of aryl methyl sites for hydroxylation is 1. The first-order chi connectivity index (χ1) is 15.3. The Hall–Kier alpha value is -3.26. The molecule has 0 radical (unpaired) electrons. The molecule has 2 N–H and O–H groups in total. The predicted octanol–water partition coefficient (Wildman–Crippen LogP) is 5.20. The minimum atomic E-state index is -4.55. The van der Waals surface area contributed by atoms with Gasteiger partial charge in [0.05, 0.1) is 17.9 Å². The Bertz CT molecular complexity index is 1210. The van der Waals surface area contributed by atoms with Crippen molar-refractivity contribution in [3.8, 4) is 6.07 Å². The van der Waals surface area contributed by atoms with Crippen LogP contribution in [0.4, 0.5) is 24.0 Å². The molecule has 0 aromatic carbocycles. The van der Waals surface area contributed by atoms with Crippen LogP contribution in [0.3, 0.4) is 0 Å². The molecular weight excluding hydrogens is 443 g/mol. The minimum Gasteiger partial charge on any atom is -0.467 e. The average Bonchev–Trinajstić information content (AvgIpc) is 3.49. The quantitative estimate of drug-likeness (QED) is 0.559. The van der Waals surface area contributed by atoms with Crippen LogP contribution in [0.2, 0.25) is 0 Å². The average molecular weight is 461 g/mol. The summed E-state index contributed by atoms with van der Waals surface area (Å²) in [6.07, 6.45) is 0.189. The van der Waals surface area contributed by atoms with Crippen molar-refractivity contribution in [1.29, 1.82) is 5.26 Å². The van der Waals surface area contributed by atoms with Gasteiger partial charge >= 0.3 is 6.18 Å². The molecule has 0 spiro atoms. The van der Waals surface area contributed by atoms with E-state index in [-0.39, 0.29) is 17.9 Å². The number of halogens is 3. The normalized spacial score (nSPS) is 20.1. The van der Waals surface area contributed by atoms with Crippen molar-refractivity contribution < 1.29 is 22.4 Å². The number of hydrogen-bond acceptors (Lipinski definition) is 6. The van der Waals surface area contributed by atoms with Gasteiger partial charge in [0.25, 0.3) is 5.91 Å². The second-order valence-electron chi connectivity index (χ2n) is 7.85. The standard InChI is InChI=1S/C21H18F3N5O2S/c22-21(23,24)17-8-13(15-5-3-7-31-15)26-18-9-14(28-29(17)18)19(30)27-20-12(10-25)11-4-1-2-6-16(11)32-20/h3,5,7,9,13,17,26H,1-2,4,6,8H2,(H,27,30)/t13-,17+/m1/s1. The fraction of sp³-hybridized carbons (Fsp3) is 0.381. The summed E-state index contributed by atoms with van der Waals surface area (Å²) in [6.45, 7) is 0. The predicted molar refractivity (Wildman–Crippen MR) is 111 cm³/mol. The first kappa shape index (κ1) is 20.6. The van der Waals surface area contributed by atoms with Crippen molar-refractivity contribution in [3.05, 3.63) is 51.9 Å². The number of nitrogens with one attached hydrogen (secondary N) is 2. The van der Waals surface area contributed by atoms with Gasteiger partial charge in [0.15, 0.2) is 11.7 Å². The number of thiophene rings is 1. The van der Waals surface area contributed by atoms with Crippen molar-refractivity contribution in [2.75, 3.05) is 10.6 Å². The van der Waals surface area contributed by atoms with Gasteiger partial charge in [0.1, 0.15) is 22.6 Å². The number of carbonyl (C=O) groups is 1. The van der Waals surface area contributed by atoms with Crippen LogP contribution in [0.1, 0.15) is 63.6 Å². The summed E-state index contributed by atoms with van der Waals surface area (Å²) in [4.78, 5) is 13.9. The van der Waals surface area contributed by atoms with Crippen LogP contribution in [-0.4, -0.2) is 21.9 Å². The van der Waals surface area contributed by atoms with E-state index in [4.69, 9.17) is 4.42 Å². The first-order valence-electron chi connectivity index (χ1n) is 10.2. The molecule has 2 aliphatic rings. The van der Waals surface area contributed by atoms with E-state index in [0.717, 1.165) is 40.8 Å². The van der Waals surface area contributed by atoms with Crippen LogP contribution in [0.5, 0.6) is 0 Å². The van der Waals surface area contributed by atoms with Gasteiger partial charge in [-0.3, -0.25) is 4.79 Å². The molecule has 0 fully saturated rings. The zero-order valence-electron chi connectivity index (χ0n) is 16.7. The smallest absolute Gasteiger partial charge is 0.410 e. The van der Waals surface area contributed by atoms with E-state index in [1.807, 2.05) is 0 Å². The second-order valence-corrected chi connectivity index (χ2v) is 8.95. The number of carbonyl (C=O) groups excluding carboxylic acids is 1. The molecule has 3 aromatic rings. The summed E-state index contributed by atoms with van der Waals surface area (Å²) in [5.41, 5.74) is 1.24. The number of rotatable bonds is 3. The Morgan fingerprint density at radius 3 is 2.91 bits per heavy atom. The summed E-state index contributed by atoms with van der Waals surface area (Å²) in [6, 6.07) is 4.06. The number of hydrogen-bond donors (Lipinski definition) is 2. The second kappa shape index (κ2) is 7.70. The number of nitriles is 1. The molecule has 2 atom stereocenters. The highest BCUT2D eigenvalue weighted by atomic mass is 32.1. The van der Waals surface area contributed by atoms with Gasteiger partial charge in [-0.1, -0.05) is 0 Å². The summed E-state index contributed by atoms with van der Waals surface area (Å²) >= 11 is 1.35. The Balaban J connectivity index is 1.45. The third-order valence-corrected chi connectivity index (χ3v) is 7.03. The van der Waals surface area contributed by atoms with Gasteiger partial charge < -0.3 is 15.1 Å². The van der Waals surface area contributed by atoms with Crippen LogP contribution in [0.25, 0.3) is 0 Å². The highest BCUT2D eigenvalue weighted by molar-refractivity contribution is 7.16. The Morgan fingerprint density at radius 1 is 1.38 bits per heavy atom. The lowest BCUT2D eigenvalue weighted by Crippen LogP contribution is -2.35. The van der Waals surface area contributed by atoms with E-state index >= 15 is 0 Å². The van der Waals surface area contributed by atoms with Gasteiger partial charge in [0, 0.05) is 17.4 Å². The molecule has 4 heterocycles. The highest BCUT2D eigenvalue weighted by Crippen LogP contribution is 2.44. The molecule has 0 bridgehead atoms. The maximum Gasteiger partial charge on any atom is 0.410 e. The van der Waals surface area contributed by atoms with Crippen LogP contribution in [0.15, 0.2) is 28.9 Å². The zero-order chi connectivity index (χ0) is 22.5. The number of fused-ring (bicyclic) bond motifs is 2. The van der Waals surface area contributed by atoms with Gasteiger partial charge in [-0.15, -0.1) is 11.3 Å². The van der Waals surface area contributed by atoms with E-state index in [2.05, 4.69) is 21.8 Å². The number of nitrogens with zero attached hydrogens (tertiary/aromatic N) is 3. The van der Waals surface area contributed by atoms with E-state index < -0.39 is 24.2 Å². The number of alkyl halides is 3. The Kier molecular flexibility index (Phi) is 4.97. The largest absolute Gasteiger partial charge is 0.467 e. The topological polar surface area (TPSA) is 95.9 Å². The molecule has 0 saturated carbocycles. The first-order valence-corrected chi connectivity index (χ1v) is 11.0. The highest BCUT2D eigenvalue weighted by Gasteiger charge is 2.47. The van der Waals surface area contributed by atoms with Crippen molar-refractivity contribution >= 4 is 28.1 Å². The molecule has 1 aliphatic carbocycles. The van der Waals surface area contributed by atoms with Crippen LogP contribution in [-0.2, 0) is 12.8 Å². The number of amides is 1. The fourth-order valence-corrected chi connectivity index (χ4v) is 5.53. The number of aromatic nitrogens is 2. The molecule has 5 rings (SSSR count). The molecular formula is C21H18F3N5O2S. The minimum absolute atomic E-state index is 0.0797. The van der Waals surface area contributed by atoms with Gasteiger partial charge in [0.2, 0.25) is 0 Å². The Morgan fingerprint density at radius 2 is 2.19 bits per heavy atom. The summed E-state index contributed by atoms with van der Waals surface area (Å²) in [5.74, 6) is -0.198. The van der Waals surface area contributed by atoms with E-state index in [1.165, 1.54) is 23.7 Å². The van der Waals surface area contributed by atoms with Crippen LogP contribution >= 0.6 is 11.3 Å². The molecule has 1 amide bonds. The molecule has 166 valence electrons. The molecule has 11 heteroatoms. The fourth-order valence-electron chi connectivity index (χ4n) is 4.30. The van der Waals surface area contributed by atoms with E-state index in [9.17, 15) is 23.2 Å². The van der Waals surface area contributed by atoms with E-state index in [0.29, 0.717) is 16.3 Å². The molecule has 0 saturated heterocycles. The van der Waals surface area contributed by atoms with Gasteiger partial charge in [-0.25, -0.2) is 4.68 Å². The summed E-state index contributed by atoms with van der Waals surface area (Å²) in [5, 5.41) is 19.6. The molecule has 3 aromatic heterocycles. The molecule has 7 nitrogen and oxygen atoms in total. The molecule has 0 unspecified atom stereocenters. The maximum atomic E-state index is 13.8. The van der Waals surface area contributed by atoms with Gasteiger partial charge in [-0.2, -0.15) is 23.5 Å². The van der Waals surface area contributed by atoms with Crippen molar-refractivity contribution in [2.45, 2.75) is 50.4 Å². The lowest BCUT2D eigenvalue weighted by molar-refractivity contribution is -0.174. The zero-order valence-corrected chi connectivity index (χ0v) is 17.5.